The minimum atomic E-state index is -3.61. The highest BCUT2D eigenvalue weighted by Crippen LogP contribution is 2.20. The molecule has 0 aliphatic carbocycles. The maximum Gasteiger partial charge on any atom is 0.238 e. The molecule has 0 saturated carbocycles. The van der Waals surface area contributed by atoms with Crippen LogP contribution in [0.5, 0.6) is 0 Å². The highest BCUT2D eigenvalue weighted by Gasteiger charge is 2.07. The van der Waals surface area contributed by atoms with Crippen LogP contribution in [-0.2, 0) is 10.0 Å². The predicted octanol–water partition coefficient (Wildman–Crippen LogP) is 1.64. The van der Waals surface area contributed by atoms with Gasteiger partial charge in [-0.25, -0.2) is 13.6 Å². The quantitative estimate of drug-likeness (QED) is 0.831. The molecule has 0 fully saturated rings. The largest absolute Gasteiger partial charge is 0.361 e. The highest BCUT2D eigenvalue weighted by molar-refractivity contribution is 7.89. The molecular weight excluding hydrogens is 224 g/mol. The SMILES string of the molecule is Cc1c[nH]c(-c2ccc(S(N)(=O)=O)cc2)c1. The van der Waals surface area contributed by atoms with Gasteiger partial charge in [-0.15, -0.1) is 0 Å². The van der Waals surface area contributed by atoms with E-state index in [1.54, 1.807) is 12.1 Å². The van der Waals surface area contributed by atoms with E-state index in [1.165, 1.54) is 12.1 Å². The summed E-state index contributed by atoms with van der Waals surface area (Å²) >= 11 is 0. The zero-order chi connectivity index (χ0) is 11.8. The molecule has 1 heterocycles. The summed E-state index contributed by atoms with van der Waals surface area (Å²) in [6, 6.07) is 8.45. The van der Waals surface area contributed by atoms with Crippen molar-refractivity contribution in [2.45, 2.75) is 11.8 Å². The van der Waals surface area contributed by atoms with Crippen molar-refractivity contribution < 1.29 is 8.42 Å². The first-order valence-electron chi connectivity index (χ1n) is 4.75. The van der Waals surface area contributed by atoms with E-state index in [4.69, 9.17) is 5.14 Å². The molecule has 0 aliphatic heterocycles. The van der Waals surface area contributed by atoms with E-state index < -0.39 is 10.0 Å². The van der Waals surface area contributed by atoms with E-state index in [0.717, 1.165) is 16.8 Å². The Morgan fingerprint density at radius 1 is 1.19 bits per heavy atom. The van der Waals surface area contributed by atoms with Gasteiger partial charge < -0.3 is 4.98 Å². The van der Waals surface area contributed by atoms with Crippen LogP contribution in [0.4, 0.5) is 0 Å². The highest BCUT2D eigenvalue weighted by atomic mass is 32.2. The maximum atomic E-state index is 11.1. The van der Waals surface area contributed by atoms with E-state index in [1.807, 2.05) is 19.2 Å². The molecule has 84 valence electrons. The number of nitrogens with two attached hydrogens (primary N) is 1. The second-order valence-corrected chi connectivity index (χ2v) is 5.22. The molecule has 0 unspecified atom stereocenters. The molecule has 0 radical (unpaired) electrons. The number of nitrogens with one attached hydrogen (secondary N) is 1. The summed E-state index contributed by atoms with van der Waals surface area (Å²) in [4.78, 5) is 3.22. The first-order valence-corrected chi connectivity index (χ1v) is 6.30. The molecule has 0 bridgehead atoms. The van der Waals surface area contributed by atoms with Gasteiger partial charge in [-0.05, 0) is 36.2 Å². The van der Waals surface area contributed by atoms with E-state index in [-0.39, 0.29) is 4.90 Å². The smallest absolute Gasteiger partial charge is 0.238 e. The molecule has 0 amide bonds. The molecule has 0 aliphatic rings. The monoisotopic (exact) mass is 236 g/mol. The van der Waals surface area contributed by atoms with Gasteiger partial charge >= 0.3 is 0 Å². The average molecular weight is 236 g/mol. The fourth-order valence-electron chi connectivity index (χ4n) is 1.49. The zero-order valence-electron chi connectivity index (χ0n) is 8.77. The van der Waals surface area contributed by atoms with Crippen molar-refractivity contribution in [3.63, 3.8) is 0 Å². The number of benzene rings is 1. The summed E-state index contributed by atoms with van der Waals surface area (Å²) in [5, 5.41) is 5.01. The van der Waals surface area contributed by atoms with Crippen molar-refractivity contribution in [1.82, 2.24) is 4.98 Å². The molecule has 1 aromatic carbocycles. The Balaban J connectivity index is 2.40. The van der Waals surface area contributed by atoms with Gasteiger partial charge in [0.1, 0.15) is 0 Å². The Kier molecular flexibility index (Phi) is 2.57. The van der Waals surface area contributed by atoms with Crippen molar-refractivity contribution in [3.05, 3.63) is 42.1 Å². The molecule has 0 atom stereocenters. The van der Waals surface area contributed by atoms with Gasteiger partial charge in [0.2, 0.25) is 10.0 Å². The topological polar surface area (TPSA) is 76.0 Å². The summed E-state index contributed by atoms with van der Waals surface area (Å²) in [7, 11) is -3.61. The lowest BCUT2D eigenvalue weighted by Crippen LogP contribution is -2.11. The first kappa shape index (κ1) is 10.9. The Labute approximate surface area is 94.2 Å². The standard InChI is InChI=1S/C11H12N2O2S/c1-8-6-11(13-7-8)9-2-4-10(5-3-9)16(12,14)15/h2-7,13H,1H3,(H2,12,14,15). The van der Waals surface area contributed by atoms with E-state index >= 15 is 0 Å². The third-order valence-electron chi connectivity index (χ3n) is 2.32. The fraction of sp³-hybridized carbons (Fsp3) is 0.0909. The van der Waals surface area contributed by atoms with Gasteiger partial charge in [-0.3, -0.25) is 0 Å². The summed E-state index contributed by atoms with van der Waals surface area (Å²) in [5.74, 6) is 0. The van der Waals surface area contributed by atoms with Crippen LogP contribution in [0, 0.1) is 6.92 Å². The molecule has 2 aromatic rings. The maximum absolute atomic E-state index is 11.1. The molecule has 4 nitrogen and oxygen atoms in total. The molecular formula is C11H12N2O2S. The van der Waals surface area contributed by atoms with Gasteiger partial charge in [0.05, 0.1) is 4.90 Å². The van der Waals surface area contributed by atoms with Crippen LogP contribution in [0.1, 0.15) is 5.56 Å². The van der Waals surface area contributed by atoms with E-state index in [2.05, 4.69) is 4.98 Å². The Morgan fingerprint density at radius 3 is 2.25 bits per heavy atom. The number of hydrogen-bond donors (Lipinski definition) is 2. The third kappa shape index (κ3) is 2.15. The van der Waals surface area contributed by atoms with Gasteiger partial charge in [0.25, 0.3) is 0 Å². The number of rotatable bonds is 2. The summed E-state index contributed by atoms with van der Waals surface area (Å²) in [6.45, 7) is 1.98. The number of hydrogen-bond acceptors (Lipinski definition) is 2. The second kappa shape index (κ2) is 3.77. The van der Waals surface area contributed by atoms with Gasteiger partial charge in [0, 0.05) is 11.9 Å². The number of H-pyrrole nitrogens is 1. The second-order valence-electron chi connectivity index (χ2n) is 3.66. The first-order chi connectivity index (χ1) is 7.47. The minimum Gasteiger partial charge on any atom is -0.361 e. The molecule has 16 heavy (non-hydrogen) atoms. The fourth-order valence-corrected chi connectivity index (χ4v) is 2.01. The Morgan fingerprint density at radius 2 is 1.81 bits per heavy atom. The Hall–Kier alpha value is -1.59. The van der Waals surface area contributed by atoms with Crippen molar-refractivity contribution in [2.24, 2.45) is 5.14 Å². The van der Waals surface area contributed by atoms with Crippen molar-refractivity contribution >= 4 is 10.0 Å². The Bertz CT molecular complexity index is 597. The van der Waals surface area contributed by atoms with Crippen LogP contribution in [0.3, 0.4) is 0 Å². The van der Waals surface area contributed by atoms with Gasteiger partial charge in [-0.1, -0.05) is 12.1 Å². The number of aromatic amines is 1. The van der Waals surface area contributed by atoms with Crippen molar-refractivity contribution in [3.8, 4) is 11.3 Å². The molecule has 0 saturated heterocycles. The lowest BCUT2D eigenvalue weighted by Gasteiger charge is -2.00. The summed E-state index contributed by atoms with van der Waals surface area (Å²) < 4.78 is 22.1. The predicted molar refractivity (Wildman–Crippen MR) is 62.3 cm³/mol. The number of sulfonamides is 1. The number of primary sulfonamides is 1. The molecule has 1 aromatic heterocycles. The number of aryl methyl sites for hydroxylation is 1. The number of aromatic nitrogens is 1. The van der Waals surface area contributed by atoms with Gasteiger partial charge in [-0.2, -0.15) is 0 Å². The zero-order valence-corrected chi connectivity index (χ0v) is 9.58. The van der Waals surface area contributed by atoms with Crippen molar-refractivity contribution in [2.75, 3.05) is 0 Å². The van der Waals surface area contributed by atoms with E-state index in [0.29, 0.717) is 0 Å². The summed E-state index contributed by atoms with van der Waals surface area (Å²) in [5.41, 5.74) is 3.02. The van der Waals surface area contributed by atoms with Gasteiger partial charge in [0.15, 0.2) is 0 Å². The normalized spacial score (nSPS) is 11.6. The summed E-state index contributed by atoms with van der Waals surface area (Å²) in [6.07, 6.45) is 1.89. The lowest BCUT2D eigenvalue weighted by molar-refractivity contribution is 0.598. The van der Waals surface area contributed by atoms with Crippen LogP contribution in [0.15, 0.2) is 41.4 Å². The van der Waals surface area contributed by atoms with Crippen molar-refractivity contribution in [1.29, 1.82) is 0 Å². The van der Waals surface area contributed by atoms with Crippen LogP contribution < -0.4 is 5.14 Å². The van der Waals surface area contributed by atoms with Crippen LogP contribution >= 0.6 is 0 Å². The minimum absolute atomic E-state index is 0.125. The van der Waals surface area contributed by atoms with E-state index in [9.17, 15) is 8.42 Å². The average Bonchev–Trinajstić information content (AvgIpc) is 2.64. The molecule has 5 heteroatoms. The van der Waals surface area contributed by atoms with Crippen LogP contribution in [0.2, 0.25) is 0 Å². The third-order valence-corrected chi connectivity index (χ3v) is 3.25. The molecule has 2 rings (SSSR count). The van der Waals surface area contributed by atoms with Crippen LogP contribution in [0.25, 0.3) is 11.3 Å². The lowest BCUT2D eigenvalue weighted by atomic mass is 10.1. The molecule has 0 spiro atoms. The van der Waals surface area contributed by atoms with Crippen LogP contribution in [-0.4, -0.2) is 13.4 Å². The molecule has 3 N–H and O–H groups in total.